The molecule has 0 aromatic carbocycles. The summed E-state index contributed by atoms with van der Waals surface area (Å²) in [5, 5.41) is 3.76. The van der Waals surface area contributed by atoms with Crippen LogP contribution in [0.1, 0.15) is 43.0 Å². The van der Waals surface area contributed by atoms with Crippen molar-refractivity contribution in [3.63, 3.8) is 0 Å². The number of hydrogen-bond acceptors (Lipinski definition) is 4. The first-order chi connectivity index (χ1) is 9.22. The lowest BCUT2D eigenvalue weighted by molar-refractivity contribution is -0.144. The molecule has 0 N–H and O–H groups in total. The normalized spacial score (nSPS) is 19.2. The Balaban J connectivity index is 2.03. The number of esters is 1. The van der Waals surface area contributed by atoms with E-state index in [4.69, 9.17) is 4.74 Å². The van der Waals surface area contributed by atoms with Gasteiger partial charge in [0.25, 0.3) is 5.91 Å². The fourth-order valence-electron chi connectivity index (χ4n) is 2.44. The molecule has 0 spiro atoms. The highest BCUT2D eigenvalue weighted by molar-refractivity contribution is 7.08. The lowest BCUT2D eigenvalue weighted by Gasteiger charge is -2.35. The number of thiophene rings is 1. The van der Waals surface area contributed by atoms with E-state index in [-0.39, 0.29) is 17.9 Å². The number of carbonyl (C=O) groups excluding carboxylic acids is 2. The molecule has 1 aliphatic heterocycles. The molecule has 0 unspecified atom stereocenters. The second kappa shape index (κ2) is 6.70. The largest absolute Gasteiger partial charge is 0.466 e. The van der Waals surface area contributed by atoms with E-state index >= 15 is 0 Å². The van der Waals surface area contributed by atoms with Crippen LogP contribution in [0.5, 0.6) is 0 Å². The van der Waals surface area contributed by atoms with Gasteiger partial charge in [-0.15, -0.1) is 0 Å². The number of rotatable bonds is 4. The van der Waals surface area contributed by atoms with E-state index in [1.165, 1.54) is 11.3 Å². The van der Waals surface area contributed by atoms with Crippen LogP contribution in [0.15, 0.2) is 16.8 Å². The lowest BCUT2D eigenvalue weighted by Crippen LogP contribution is -2.44. The Morgan fingerprint density at radius 1 is 1.47 bits per heavy atom. The highest BCUT2D eigenvalue weighted by Crippen LogP contribution is 2.23. The topological polar surface area (TPSA) is 46.6 Å². The summed E-state index contributed by atoms with van der Waals surface area (Å²) < 4.78 is 4.99. The van der Waals surface area contributed by atoms with E-state index < -0.39 is 0 Å². The van der Waals surface area contributed by atoms with Crippen molar-refractivity contribution in [2.75, 3.05) is 13.2 Å². The van der Waals surface area contributed by atoms with Crippen molar-refractivity contribution in [1.29, 1.82) is 0 Å². The fourth-order valence-corrected chi connectivity index (χ4v) is 3.07. The summed E-state index contributed by atoms with van der Waals surface area (Å²) in [6.45, 7) is 2.93. The summed E-state index contributed by atoms with van der Waals surface area (Å²) >= 11 is 1.52. The quantitative estimate of drug-likeness (QED) is 0.797. The van der Waals surface area contributed by atoms with Crippen LogP contribution in [0, 0.1) is 0 Å². The Morgan fingerprint density at radius 3 is 3.00 bits per heavy atom. The molecule has 0 bridgehead atoms. The van der Waals surface area contributed by atoms with Crippen LogP contribution in [-0.2, 0) is 9.53 Å². The van der Waals surface area contributed by atoms with E-state index in [9.17, 15) is 9.59 Å². The van der Waals surface area contributed by atoms with Gasteiger partial charge in [0.1, 0.15) is 0 Å². The van der Waals surface area contributed by atoms with Gasteiger partial charge in [-0.05, 0) is 37.6 Å². The number of likely N-dealkylation sites (tertiary alicyclic amines) is 1. The molecule has 1 saturated heterocycles. The van der Waals surface area contributed by atoms with Crippen molar-refractivity contribution in [1.82, 2.24) is 4.90 Å². The minimum absolute atomic E-state index is 0.0137. The molecule has 5 heteroatoms. The molecule has 1 amide bonds. The zero-order chi connectivity index (χ0) is 13.7. The molecule has 1 aromatic rings. The van der Waals surface area contributed by atoms with Crippen molar-refractivity contribution >= 4 is 23.2 Å². The van der Waals surface area contributed by atoms with E-state index in [1.54, 1.807) is 6.92 Å². The van der Waals surface area contributed by atoms with Gasteiger partial charge in [-0.3, -0.25) is 9.59 Å². The molecule has 0 radical (unpaired) electrons. The first-order valence-electron chi connectivity index (χ1n) is 6.71. The van der Waals surface area contributed by atoms with Crippen LogP contribution in [0.2, 0.25) is 0 Å². The Bertz CT molecular complexity index is 430. The fraction of sp³-hybridized carbons (Fsp3) is 0.571. The molecule has 1 atom stereocenters. The number of ether oxygens (including phenoxy) is 1. The van der Waals surface area contributed by atoms with E-state index in [0.717, 1.165) is 31.4 Å². The maximum atomic E-state index is 12.4. The van der Waals surface area contributed by atoms with Crippen LogP contribution in [0.25, 0.3) is 0 Å². The van der Waals surface area contributed by atoms with Gasteiger partial charge in [0, 0.05) is 18.0 Å². The molecule has 19 heavy (non-hydrogen) atoms. The van der Waals surface area contributed by atoms with Crippen molar-refractivity contribution in [3.8, 4) is 0 Å². The molecular weight excluding hydrogens is 262 g/mol. The molecule has 1 fully saturated rings. The standard InChI is InChI=1S/C14H19NO3S/c1-2-18-13(16)9-12-5-3-4-7-15(12)14(17)11-6-8-19-10-11/h6,8,10,12H,2-5,7,9H2,1H3/t12-/m1/s1. The van der Waals surface area contributed by atoms with Crippen LogP contribution in [0.4, 0.5) is 0 Å². The Hall–Kier alpha value is -1.36. The van der Waals surface area contributed by atoms with Gasteiger partial charge < -0.3 is 9.64 Å². The van der Waals surface area contributed by atoms with Gasteiger partial charge in [-0.1, -0.05) is 0 Å². The van der Waals surface area contributed by atoms with Crippen molar-refractivity contribution in [3.05, 3.63) is 22.4 Å². The van der Waals surface area contributed by atoms with Crippen molar-refractivity contribution in [2.24, 2.45) is 0 Å². The molecule has 0 aliphatic carbocycles. The van der Waals surface area contributed by atoms with Crippen LogP contribution in [-0.4, -0.2) is 36.0 Å². The lowest BCUT2D eigenvalue weighted by atomic mass is 9.98. The van der Waals surface area contributed by atoms with Gasteiger partial charge >= 0.3 is 5.97 Å². The van der Waals surface area contributed by atoms with E-state index in [2.05, 4.69) is 0 Å². The van der Waals surface area contributed by atoms with E-state index in [0.29, 0.717) is 13.0 Å². The summed E-state index contributed by atoms with van der Waals surface area (Å²) in [4.78, 5) is 25.8. The molecule has 2 heterocycles. The second-order valence-electron chi connectivity index (χ2n) is 4.67. The van der Waals surface area contributed by atoms with Crippen molar-refractivity contribution in [2.45, 2.75) is 38.6 Å². The average molecular weight is 281 g/mol. The Morgan fingerprint density at radius 2 is 2.32 bits per heavy atom. The third-order valence-corrected chi connectivity index (χ3v) is 4.05. The molecule has 1 aromatic heterocycles. The second-order valence-corrected chi connectivity index (χ2v) is 5.45. The van der Waals surface area contributed by atoms with Crippen LogP contribution in [0.3, 0.4) is 0 Å². The van der Waals surface area contributed by atoms with Gasteiger partial charge in [0.2, 0.25) is 0 Å². The highest BCUT2D eigenvalue weighted by atomic mass is 32.1. The molecule has 0 saturated carbocycles. The van der Waals surface area contributed by atoms with Crippen molar-refractivity contribution < 1.29 is 14.3 Å². The Kier molecular flexibility index (Phi) is 4.96. The number of hydrogen-bond donors (Lipinski definition) is 0. The number of nitrogens with zero attached hydrogens (tertiary/aromatic N) is 1. The minimum Gasteiger partial charge on any atom is -0.466 e. The third kappa shape index (κ3) is 3.56. The van der Waals surface area contributed by atoms with Gasteiger partial charge in [0.05, 0.1) is 18.6 Å². The zero-order valence-corrected chi connectivity index (χ0v) is 11.9. The predicted molar refractivity (Wildman–Crippen MR) is 74.2 cm³/mol. The maximum Gasteiger partial charge on any atom is 0.307 e. The Labute approximate surface area is 117 Å². The molecule has 104 valence electrons. The molecule has 4 nitrogen and oxygen atoms in total. The highest BCUT2D eigenvalue weighted by Gasteiger charge is 2.29. The average Bonchev–Trinajstić information content (AvgIpc) is 2.93. The summed E-state index contributed by atoms with van der Waals surface area (Å²) in [5.41, 5.74) is 0.723. The number of amides is 1. The van der Waals surface area contributed by atoms with E-state index in [1.807, 2.05) is 21.7 Å². The summed E-state index contributed by atoms with van der Waals surface area (Å²) in [6.07, 6.45) is 3.27. The minimum atomic E-state index is -0.211. The predicted octanol–water partition coefficient (Wildman–Crippen LogP) is 2.70. The SMILES string of the molecule is CCOC(=O)C[C@H]1CCCCN1C(=O)c1ccsc1. The monoisotopic (exact) mass is 281 g/mol. The summed E-state index contributed by atoms with van der Waals surface area (Å²) in [6, 6.07) is 1.82. The third-order valence-electron chi connectivity index (χ3n) is 3.36. The van der Waals surface area contributed by atoms with Crippen LogP contribution < -0.4 is 0 Å². The maximum absolute atomic E-state index is 12.4. The summed E-state index contributed by atoms with van der Waals surface area (Å²) in [7, 11) is 0. The molecule has 1 aliphatic rings. The van der Waals surface area contributed by atoms with Gasteiger partial charge in [0.15, 0.2) is 0 Å². The number of piperidine rings is 1. The molecule has 2 rings (SSSR count). The summed E-state index contributed by atoms with van der Waals surface area (Å²) in [5.74, 6) is -0.173. The van der Waals surface area contributed by atoms with Gasteiger partial charge in [-0.25, -0.2) is 0 Å². The first-order valence-corrected chi connectivity index (χ1v) is 7.65. The van der Waals surface area contributed by atoms with Gasteiger partial charge in [-0.2, -0.15) is 11.3 Å². The first kappa shape index (κ1) is 14.1. The smallest absolute Gasteiger partial charge is 0.307 e. The van der Waals surface area contributed by atoms with Crippen LogP contribution >= 0.6 is 11.3 Å². The molecular formula is C14H19NO3S. The number of carbonyl (C=O) groups is 2. The zero-order valence-electron chi connectivity index (χ0n) is 11.1.